The Hall–Kier alpha value is -1.69. The molecule has 2 nitrogen and oxygen atoms in total. The van der Waals surface area contributed by atoms with Gasteiger partial charge in [0.2, 0.25) is 0 Å². The number of hydrogen-bond donors (Lipinski definition) is 0. The van der Waals surface area contributed by atoms with Crippen molar-refractivity contribution in [1.82, 2.24) is 0 Å². The van der Waals surface area contributed by atoms with E-state index in [-0.39, 0.29) is 0 Å². The Morgan fingerprint density at radius 2 is 1.89 bits per heavy atom. The highest BCUT2D eigenvalue weighted by molar-refractivity contribution is 6.42. The minimum absolute atomic E-state index is 0.378. The fourth-order valence-electron chi connectivity index (χ4n) is 1.51. The van der Waals surface area contributed by atoms with Crippen molar-refractivity contribution in [2.24, 2.45) is 0 Å². The topological polar surface area (TPSA) is 33.0 Å². The third-order valence-electron chi connectivity index (χ3n) is 2.44. The summed E-state index contributed by atoms with van der Waals surface area (Å²) in [5, 5.41) is 9.62. The first-order valence-corrected chi connectivity index (χ1v) is 6.00. The number of ether oxygens (including phenoxy) is 1. The molecule has 0 N–H and O–H groups in total. The predicted octanol–water partition coefficient (Wildman–Crippen LogP) is 4.97. The summed E-state index contributed by atoms with van der Waals surface area (Å²) in [5.41, 5.74) is 1.46. The molecule has 0 aliphatic rings. The standard InChI is InChI=1S/C14H9Cl2NO/c1-9-7-10(8-17)5-6-12(9)18-13-4-2-3-11(15)14(13)16/h2-7H,1H3. The van der Waals surface area contributed by atoms with Crippen molar-refractivity contribution in [2.45, 2.75) is 6.92 Å². The van der Waals surface area contributed by atoms with Crippen molar-refractivity contribution in [3.8, 4) is 17.6 Å². The molecule has 0 saturated heterocycles. The molecule has 0 unspecified atom stereocenters. The average molecular weight is 278 g/mol. The van der Waals surface area contributed by atoms with Gasteiger partial charge in [0.25, 0.3) is 0 Å². The fourth-order valence-corrected chi connectivity index (χ4v) is 1.85. The molecule has 2 rings (SSSR count). The second-order valence-corrected chi connectivity index (χ2v) is 4.53. The Labute approximate surface area is 115 Å². The van der Waals surface area contributed by atoms with Crippen LogP contribution in [0.3, 0.4) is 0 Å². The van der Waals surface area contributed by atoms with Crippen molar-refractivity contribution in [1.29, 1.82) is 5.26 Å². The van der Waals surface area contributed by atoms with Crippen LogP contribution in [0.1, 0.15) is 11.1 Å². The van der Waals surface area contributed by atoms with Crippen LogP contribution in [0.25, 0.3) is 0 Å². The summed E-state index contributed by atoms with van der Waals surface area (Å²) in [6.07, 6.45) is 0. The van der Waals surface area contributed by atoms with E-state index in [9.17, 15) is 0 Å². The van der Waals surface area contributed by atoms with Crippen molar-refractivity contribution in [2.75, 3.05) is 0 Å². The van der Waals surface area contributed by atoms with E-state index in [0.29, 0.717) is 27.1 Å². The second-order valence-electron chi connectivity index (χ2n) is 3.75. The number of hydrogen-bond acceptors (Lipinski definition) is 2. The first kappa shape index (κ1) is 12.8. The van der Waals surface area contributed by atoms with Gasteiger partial charge in [0.05, 0.1) is 16.7 Å². The van der Waals surface area contributed by atoms with Crippen LogP contribution in [-0.4, -0.2) is 0 Å². The van der Waals surface area contributed by atoms with Crippen molar-refractivity contribution >= 4 is 23.2 Å². The first-order chi connectivity index (χ1) is 8.61. The second kappa shape index (κ2) is 5.30. The van der Waals surface area contributed by atoms with Gasteiger partial charge >= 0.3 is 0 Å². The molecule has 18 heavy (non-hydrogen) atoms. The molecule has 0 spiro atoms. The van der Waals surface area contributed by atoms with E-state index in [1.165, 1.54) is 0 Å². The predicted molar refractivity (Wildman–Crippen MR) is 72.4 cm³/mol. The summed E-state index contributed by atoms with van der Waals surface area (Å²) in [6.45, 7) is 1.87. The van der Waals surface area contributed by atoms with E-state index in [2.05, 4.69) is 6.07 Å². The third kappa shape index (κ3) is 2.59. The molecular weight excluding hydrogens is 269 g/mol. The van der Waals surface area contributed by atoms with Gasteiger partial charge in [0.1, 0.15) is 16.5 Å². The first-order valence-electron chi connectivity index (χ1n) is 5.24. The lowest BCUT2D eigenvalue weighted by molar-refractivity contribution is 0.479. The van der Waals surface area contributed by atoms with Gasteiger partial charge in [0.15, 0.2) is 0 Å². The van der Waals surface area contributed by atoms with Crippen LogP contribution >= 0.6 is 23.2 Å². The van der Waals surface area contributed by atoms with Crippen LogP contribution < -0.4 is 4.74 Å². The molecule has 0 fully saturated rings. The molecule has 0 heterocycles. The SMILES string of the molecule is Cc1cc(C#N)ccc1Oc1cccc(Cl)c1Cl. The van der Waals surface area contributed by atoms with Crippen LogP contribution in [0.15, 0.2) is 36.4 Å². The van der Waals surface area contributed by atoms with Gasteiger partial charge < -0.3 is 4.74 Å². The molecule has 0 atom stereocenters. The minimum atomic E-state index is 0.378. The highest BCUT2D eigenvalue weighted by Crippen LogP contribution is 2.35. The Bertz CT molecular complexity index is 632. The van der Waals surface area contributed by atoms with E-state index in [1.54, 1.807) is 36.4 Å². The van der Waals surface area contributed by atoms with Gasteiger partial charge in [-0.05, 0) is 42.8 Å². The molecule has 0 aliphatic carbocycles. The molecule has 0 aliphatic heterocycles. The number of benzene rings is 2. The highest BCUT2D eigenvalue weighted by Gasteiger charge is 2.08. The molecule has 4 heteroatoms. The molecule has 0 radical (unpaired) electrons. The smallest absolute Gasteiger partial charge is 0.147 e. The summed E-state index contributed by atoms with van der Waals surface area (Å²) in [4.78, 5) is 0. The fraction of sp³-hybridized carbons (Fsp3) is 0.0714. The van der Waals surface area contributed by atoms with Gasteiger partial charge in [0, 0.05) is 0 Å². The van der Waals surface area contributed by atoms with E-state index in [4.69, 9.17) is 33.2 Å². The number of nitrogens with zero attached hydrogens (tertiary/aromatic N) is 1. The molecule has 0 aromatic heterocycles. The summed E-state index contributed by atoms with van der Waals surface area (Å²) in [5.74, 6) is 1.15. The maximum absolute atomic E-state index is 8.79. The van der Waals surface area contributed by atoms with Crippen molar-refractivity contribution < 1.29 is 4.74 Å². The number of halogens is 2. The monoisotopic (exact) mass is 277 g/mol. The van der Waals surface area contributed by atoms with Crippen LogP contribution in [0.2, 0.25) is 10.0 Å². The Morgan fingerprint density at radius 3 is 2.56 bits per heavy atom. The van der Waals surface area contributed by atoms with Crippen LogP contribution in [-0.2, 0) is 0 Å². The largest absolute Gasteiger partial charge is 0.455 e. The summed E-state index contributed by atoms with van der Waals surface area (Å²) < 4.78 is 5.69. The molecular formula is C14H9Cl2NO. The van der Waals surface area contributed by atoms with Crippen LogP contribution in [0.5, 0.6) is 11.5 Å². The van der Waals surface area contributed by atoms with Gasteiger partial charge in [-0.2, -0.15) is 5.26 Å². The van der Waals surface area contributed by atoms with Crippen molar-refractivity contribution in [3.05, 3.63) is 57.6 Å². The zero-order chi connectivity index (χ0) is 13.1. The quantitative estimate of drug-likeness (QED) is 0.777. The highest BCUT2D eigenvalue weighted by atomic mass is 35.5. The van der Waals surface area contributed by atoms with Gasteiger partial charge in [-0.15, -0.1) is 0 Å². The Morgan fingerprint density at radius 1 is 1.11 bits per heavy atom. The molecule has 0 saturated carbocycles. The lowest BCUT2D eigenvalue weighted by atomic mass is 10.1. The van der Waals surface area contributed by atoms with E-state index < -0.39 is 0 Å². The van der Waals surface area contributed by atoms with Gasteiger partial charge in [-0.3, -0.25) is 0 Å². The normalized spacial score (nSPS) is 9.89. The molecule has 0 amide bonds. The molecule has 2 aromatic carbocycles. The van der Waals surface area contributed by atoms with Gasteiger partial charge in [-0.25, -0.2) is 0 Å². The average Bonchev–Trinajstić information content (AvgIpc) is 2.37. The maximum atomic E-state index is 8.79. The zero-order valence-corrected chi connectivity index (χ0v) is 11.1. The number of rotatable bonds is 2. The number of aryl methyl sites for hydroxylation is 1. The molecule has 0 bridgehead atoms. The Balaban J connectivity index is 2.35. The third-order valence-corrected chi connectivity index (χ3v) is 3.24. The van der Waals surface area contributed by atoms with Crippen LogP contribution in [0.4, 0.5) is 0 Å². The zero-order valence-electron chi connectivity index (χ0n) is 9.58. The lowest BCUT2D eigenvalue weighted by Gasteiger charge is -2.10. The van der Waals surface area contributed by atoms with E-state index in [0.717, 1.165) is 5.56 Å². The maximum Gasteiger partial charge on any atom is 0.147 e. The summed E-state index contributed by atoms with van der Waals surface area (Å²) >= 11 is 12.0. The number of nitriles is 1. The summed E-state index contributed by atoms with van der Waals surface area (Å²) in [6, 6.07) is 12.5. The molecule has 90 valence electrons. The van der Waals surface area contributed by atoms with Crippen LogP contribution in [0, 0.1) is 18.3 Å². The summed E-state index contributed by atoms with van der Waals surface area (Å²) in [7, 11) is 0. The van der Waals surface area contributed by atoms with Crippen molar-refractivity contribution in [3.63, 3.8) is 0 Å². The van der Waals surface area contributed by atoms with Gasteiger partial charge in [-0.1, -0.05) is 29.3 Å². The molecule has 2 aromatic rings. The van der Waals surface area contributed by atoms with E-state index in [1.807, 2.05) is 6.92 Å². The minimum Gasteiger partial charge on any atom is -0.455 e. The van der Waals surface area contributed by atoms with E-state index >= 15 is 0 Å². The Kier molecular flexibility index (Phi) is 3.76. The lowest BCUT2D eigenvalue weighted by Crippen LogP contribution is -1.89.